The van der Waals surface area contributed by atoms with E-state index in [4.69, 9.17) is 11.6 Å². The third-order valence-electron chi connectivity index (χ3n) is 4.12. The highest BCUT2D eigenvalue weighted by molar-refractivity contribution is 6.67. The van der Waals surface area contributed by atoms with Gasteiger partial charge in [-0.05, 0) is 25.5 Å². The Hall–Kier alpha value is -1.64. The van der Waals surface area contributed by atoms with Gasteiger partial charge in [0.1, 0.15) is 10.8 Å². The maximum absolute atomic E-state index is 11.5. The molecule has 1 atom stereocenters. The van der Waals surface area contributed by atoms with Crippen molar-refractivity contribution in [3.05, 3.63) is 65.7 Å². The third kappa shape index (κ3) is 1.65. The lowest BCUT2D eigenvalue weighted by Gasteiger charge is -2.45. The van der Waals surface area contributed by atoms with Gasteiger partial charge < -0.3 is 5.11 Å². The van der Waals surface area contributed by atoms with E-state index in [0.29, 0.717) is 5.17 Å². The standard InChI is InChI=1S/C17H16ClNO/c1-16(2)15(18)19-14-11-7-6-10-13(14)17(16,20)12-8-4-3-5-9-12/h3-11,20H,1-2H3. The summed E-state index contributed by atoms with van der Waals surface area (Å²) in [4.78, 5) is 4.44. The average Bonchev–Trinajstić information content (AvgIpc) is 2.46. The van der Waals surface area contributed by atoms with Crippen molar-refractivity contribution in [1.29, 1.82) is 0 Å². The van der Waals surface area contributed by atoms with E-state index in [1.807, 2.05) is 68.4 Å². The van der Waals surface area contributed by atoms with Gasteiger partial charge in [-0.3, -0.25) is 0 Å². The molecule has 1 unspecified atom stereocenters. The van der Waals surface area contributed by atoms with Crippen molar-refractivity contribution in [3.63, 3.8) is 0 Å². The molecule has 0 aromatic heterocycles. The number of hydrogen-bond donors (Lipinski definition) is 1. The molecule has 2 nitrogen and oxygen atoms in total. The summed E-state index contributed by atoms with van der Waals surface area (Å²) in [7, 11) is 0. The fraction of sp³-hybridized carbons (Fsp3) is 0.235. The predicted octanol–water partition coefficient (Wildman–Crippen LogP) is 4.23. The normalized spacial score (nSPS) is 23.9. The van der Waals surface area contributed by atoms with Gasteiger partial charge >= 0.3 is 0 Å². The molecule has 102 valence electrons. The van der Waals surface area contributed by atoms with E-state index in [-0.39, 0.29) is 0 Å². The first kappa shape index (κ1) is 13.3. The third-order valence-corrected chi connectivity index (χ3v) is 4.68. The molecule has 20 heavy (non-hydrogen) atoms. The number of nitrogens with zero attached hydrogens (tertiary/aromatic N) is 1. The predicted molar refractivity (Wildman–Crippen MR) is 82.6 cm³/mol. The van der Waals surface area contributed by atoms with Crippen LogP contribution in [0.3, 0.4) is 0 Å². The number of halogens is 1. The molecule has 0 saturated carbocycles. The molecule has 1 N–H and O–H groups in total. The zero-order chi connectivity index (χ0) is 14.4. The quantitative estimate of drug-likeness (QED) is 0.835. The fourth-order valence-electron chi connectivity index (χ4n) is 2.80. The average molecular weight is 286 g/mol. The maximum Gasteiger partial charge on any atom is 0.128 e. The lowest BCUT2D eigenvalue weighted by Crippen LogP contribution is -2.48. The highest BCUT2D eigenvalue weighted by Crippen LogP contribution is 2.52. The van der Waals surface area contributed by atoms with E-state index in [0.717, 1.165) is 16.8 Å². The van der Waals surface area contributed by atoms with Crippen molar-refractivity contribution in [1.82, 2.24) is 0 Å². The SMILES string of the molecule is CC1(C)C(Cl)=Nc2ccccc2C1(O)c1ccccc1. The molecule has 1 aliphatic heterocycles. The van der Waals surface area contributed by atoms with Crippen LogP contribution in [0.2, 0.25) is 0 Å². The van der Waals surface area contributed by atoms with Crippen molar-refractivity contribution < 1.29 is 5.11 Å². The largest absolute Gasteiger partial charge is 0.379 e. The minimum Gasteiger partial charge on any atom is -0.379 e. The van der Waals surface area contributed by atoms with Crippen molar-refractivity contribution in [2.24, 2.45) is 10.4 Å². The molecular formula is C17H16ClNO. The summed E-state index contributed by atoms with van der Waals surface area (Å²) < 4.78 is 0. The zero-order valence-corrected chi connectivity index (χ0v) is 12.2. The second kappa shape index (κ2) is 4.44. The molecule has 1 heterocycles. The molecule has 3 heteroatoms. The van der Waals surface area contributed by atoms with E-state index in [1.54, 1.807) is 0 Å². The number of aliphatic hydroxyl groups is 1. The first-order chi connectivity index (χ1) is 9.48. The molecule has 0 amide bonds. The van der Waals surface area contributed by atoms with Crippen LogP contribution < -0.4 is 0 Å². The first-order valence-electron chi connectivity index (χ1n) is 6.60. The van der Waals surface area contributed by atoms with E-state index in [9.17, 15) is 5.11 Å². The Morgan fingerprint density at radius 3 is 2.25 bits per heavy atom. The summed E-state index contributed by atoms with van der Waals surface area (Å²) in [5, 5.41) is 11.9. The Labute approximate surface area is 123 Å². The van der Waals surface area contributed by atoms with E-state index >= 15 is 0 Å². The van der Waals surface area contributed by atoms with Crippen molar-refractivity contribution >= 4 is 22.5 Å². The van der Waals surface area contributed by atoms with E-state index in [1.165, 1.54) is 0 Å². The second-order valence-electron chi connectivity index (χ2n) is 5.62. The van der Waals surface area contributed by atoms with Crippen LogP contribution in [-0.4, -0.2) is 10.3 Å². The molecule has 2 aromatic carbocycles. The molecule has 3 rings (SSSR count). The molecule has 0 spiro atoms. The lowest BCUT2D eigenvalue weighted by molar-refractivity contribution is 0.00173. The minimum absolute atomic E-state index is 0.419. The summed E-state index contributed by atoms with van der Waals surface area (Å²) in [6.45, 7) is 3.84. The monoisotopic (exact) mass is 285 g/mol. The molecule has 0 fully saturated rings. The van der Waals surface area contributed by atoms with E-state index < -0.39 is 11.0 Å². The van der Waals surface area contributed by atoms with Crippen molar-refractivity contribution in [2.75, 3.05) is 0 Å². The fourth-order valence-corrected chi connectivity index (χ4v) is 3.03. The highest BCUT2D eigenvalue weighted by atomic mass is 35.5. The van der Waals surface area contributed by atoms with Crippen molar-refractivity contribution in [3.8, 4) is 0 Å². The summed E-state index contributed by atoms with van der Waals surface area (Å²) in [6.07, 6.45) is 0. The number of benzene rings is 2. The van der Waals surface area contributed by atoms with Crippen LogP contribution in [-0.2, 0) is 5.60 Å². The molecule has 0 bridgehead atoms. The van der Waals surface area contributed by atoms with Gasteiger partial charge in [0.15, 0.2) is 0 Å². The Kier molecular flexibility index (Phi) is 2.96. The Morgan fingerprint density at radius 1 is 0.950 bits per heavy atom. The van der Waals surface area contributed by atoms with Gasteiger partial charge in [0.25, 0.3) is 0 Å². The van der Waals surface area contributed by atoms with Gasteiger partial charge in [0.2, 0.25) is 0 Å². The Bertz CT molecular complexity index is 678. The summed E-state index contributed by atoms with van der Waals surface area (Å²) >= 11 is 6.36. The van der Waals surface area contributed by atoms with E-state index in [2.05, 4.69) is 4.99 Å². The number of para-hydroxylation sites is 1. The van der Waals surface area contributed by atoms with Crippen LogP contribution in [0.25, 0.3) is 0 Å². The van der Waals surface area contributed by atoms with Crippen molar-refractivity contribution in [2.45, 2.75) is 19.4 Å². The van der Waals surface area contributed by atoms with Crippen LogP contribution in [0.5, 0.6) is 0 Å². The molecule has 2 aromatic rings. The lowest BCUT2D eigenvalue weighted by atomic mass is 9.66. The van der Waals surface area contributed by atoms with Gasteiger partial charge in [-0.25, -0.2) is 4.99 Å². The minimum atomic E-state index is -1.19. The molecular weight excluding hydrogens is 270 g/mol. The second-order valence-corrected chi connectivity index (χ2v) is 5.98. The number of fused-ring (bicyclic) bond motifs is 1. The number of rotatable bonds is 1. The van der Waals surface area contributed by atoms with Gasteiger partial charge in [-0.15, -0.1) is 0 Å². The first-order valence-corrected chi connectivity index (χ1v) is 6.98. The van der Waals surface area contributed by atoms with Gasteiger partial charge in [0.05, 0.1) is 11.1 Å². The van der Waals surface area contributed by atoms with Crippen LogP contribution in [0.4, 0.5) is 5.69 Å². The molecule has 0 saturated heterocycles. The number of aliphatic imine (C=N–C) groups is 1. The van der Waals surface area contributed by atoms with Crippen LogP contribution >= 0.6 is 11.6 Å². The zero-order valence-electron chi connectivity index (χ0n) is 11.5. The van der Waals surface area contributed by atoms with Gasteiger partial charge in [-0.2, -0.15) is 0 Å². The smallest absolute Gasteiger partial charge is 0.128 e. The maximum atomic E-state index is 11.5. The van der Waals surface area contributed by atoms with Gasteiger partial charge in [-0.1, -0.05) is 60.1 Å². The van der Waals surface area contributed by atoms with Crippen LogP contribution in [0.1, 0.15) is 25.0 Å². The molecule has 0 aliphatic carbocycles. The Morgan fingerprint density at radius 2 is 1.55 bits per heavy atom. The van der Waals surface area contributed by atoms with Gasteiger partial charge in [0, 0.05) is 5.56 Å². The Balaban J connectivity index is 2.35. The molecule has 1 aliphatic rings. The number of hydrogen-bond acceptors (Lipinski definition) is 2. The summed E-state index contributed by atoms with van der Waals surface area (Å²) in [6, 6.07) is 17.2. The summed E-state index contributed by atoms with van der Waals surface area (Å²) in [5.74, 6) is 0. The summed E-state index contributed by atoms with van der Waals surface area (Å²) in [5.41, 5.74) is 0.461. The van der Waals surface area contributed by atoms with Crippen LogP contribution in [0.15, 0.2) is 59.6 Å². The topological polar surface area (TPSA) is 32.6 Å². The molecule has 0 radical (unpaired) electrons. The highest BCUT2D eigenvalue weighted by Gasteiger charge is 2.52. The van der Waals surface area contributed by atoms with Crippen LogP contribution in [0, 0.1) is 5.41 Å².